The zero-order valence-corrected chi connectivity index (χ0v) is 18.7. The van der Waals surface area contributed by atoms with Crippen LogP contribution < -0.4 is 15.5 Å². The summed E-state index contributed by atoms with van der Waals surface area (Å²) in [5, 5.41) is 11.5. The summed E-state index contributed by atoms with van der Waals surface area (Å²) < 4.78 is 1.98. The van der Waals surface area contributed by atoms with Gasteiger partial charge in [-0.25, -0.2) is 4.52 Å². The van der Waals surface area contributed by atoms with Gasteiger partial charge in [0, 0.05) is 88.8 Å². The van der Waals surface area contributed by atoms with Crippen LogP contribution in [0.25, 0.3) is 11.2 Å². The van der Waals surface area contributed by atoms with Crippen molar-refractivity contribution in [1.29, 1.82) is 0 Å². The molecule has 2 saturated heterocycles. The summed E-state index contributed by atoms with van der Waals surface area (Å²) in [5.41, 5.74) is 4.44. The molecule has 0 bridgehead atoms. The number of fused-ring (bicyclic) bond motifs is 1. The largest absolute Gasteiger partial charge is 0.369 e. The van der Waals surface area contributed by atoms with Crippen LogP contribution in [-0.4, -0.2) is 90.2 Å². The number of hydrogen-bond acceptors (Lipinski definition) is 7. The molecule has 2 fully saturated rings. The third-order valence-corrected chi connectivity index (χ3v) is 6.94. The van der Waals surface area contributed by atoms with Crippen LogP contribution in [0, 0.1) is 0 Å². The average Bonchev–Trinajstić information content (AvgIpc) is 3.29. The minimum Gasteiger partial charge on any atom is -0.369 e. The first-order chi connectivity index (χ1) is 15.2. The van der Waals surface area contributed by atoms with Crippen LogP contribution in [0.1, 0.15) is 25.8 Å². The number of rotatable bonds is 5. The smallest absolute Gasteiger partial charge is 0.116 e. The van der Waals surface area contributed by atoms with Crippen LogP contribution in [0.3, 0.4) is 0 Å². The Morgan fingerprint density at radius 2 is 1.94 bits per heavy atom. The normalized spacial score (nSPS) is 24.3. The summed E-state index contributed by atoms with van der Waals surface area (Å²) in [6.45, 7) is 13.1. The second-order valence-electron chi connectivity index (χ2n) is 8.76. The number of anilines is 1. The van der Waals surface area contributed by atoms with Crippen molar-refractivity contribution in [2.75, 3.05) is 57.3 Å². The second-order valence-corrected chi connectivity index (χ2v) is 8.76. The van der Waals surface area contributed by atoms with E-state index in [4.69, 9.17) is 4.99 Å². The van der Waals surface area contributed by atoms with E-state index in [-0.39, 0.29) is 6.17 Å². The van der Waals surface area contributed by atoms with Gasteiger partial charge in [-0.2, -0.15) is 5.10 Å². The number of hydrogen-bond donors (Lipinski definition) is 2. The average molecular weight is 423 g/mol. The molecule has 5 heterocycles. The molecule has 3 aliphatic heterocycles. The lowest BCUT2D eigenvalue weighted by atomic mass is 10.1. The van der Waals surface area contributed by atoms with Crippen molar-refractivity contribution in [1.82, 2.24) is 30.0 Å². The maximum absolute atomic E-state index is 4.82. The molecule has 0 aromatic carbocycles. The summed E-state index contributed by atoms with van der Waals surface area (Å²) in [7, 11) is 0. The SMILES string of the molecule is CCC(C)N1CCN(C2C=NC(c3cc4c(N5CCNCC5)ccnn4c3)=CN2)CC1. The van der Waals surface area contributed by atoms with E-state index in [1.54, 1.807) is 0 Å². The van der Waals surface area contributed by atoms with Crippen molar-refractivity contribution < 1.29 is 0 Å². The van der Waals surface area contributed by atoms with Crippen molar-refractivity contribution in [2.24, 2.45) is 4.99 Å². The van der Waals surface area contributed by atoms with E-state index in [2.05, 4.69) is 75.0 Å². The molecule has 2 aromatic heterocycles. The Balaban J connectivity index is 1.27. The van der Waals surface area contributed by atoms with Crippen LogP contribution >= 0.6 is 0 Å². The lowest BCUT2D eigenvalue weighted by Gasteiger charge is -2.40. The molecule has 0 spiro atoms. The molecule has 8 heteroatoms. The predicted octanol–water partition coefficient (Wildman–Crippen LogP) is 1.46. The molecule has 8 nitrogen and oxygen atoms in total. The van der Waals surface area contributed by atoms with Crippen LogP contribution in [0.5, 0.6) is 0 Å². The third kappa shape index (κ3) is 4.20. The molecular weight excluding hydrogens is 388 g/mol. The lowest BCUT2D eigenvalue weighted by molar-refractivity contribution is 0.0854. The van der Waals surface area contributed by atoms with Gasteiger partial charge in [0.2, 0.25) is 0 Å². The highest BCUT2D eigenvalue weighted by Gasteiger charge is 2.25. The summed E-state index contributed by atoms with van der Waals surface area (Å²) >= 11 is 0. The quantitative estimate of drug-likeness (QED) is 0.761. The molecule has 31 heavy (non-hydrogen) atoms. The lowest BCUT2D eigenvalue weighted by Crippen LogP contribution is -2.56. The minimum absolute atomic E-state index is 0.175. The minimum atomic E-state index is 0.175. The fourth-order valence-corrected chi connectivity index (χ4v) is 4.78. The Morgan fingerprint density at radius 1 is 1.13 bits per heavy atom. The molecule has 0 aliphatic carbocycles. The fraction of sp³-hybridized carbons (Fsp3) is 0.565. The fourth-order valence-electron chi connectivity index (χ4n) is 4.78. The molecule has 5 rings (SSSR count). The van der Waals surface area contributed by atoms with Gasteiger partial charge in [-0.15, -0.1) is 0 Å². The van der Waals surface area contributed by atoms with Crippen LogP contribution in [-0.2, 0) is 0 Å². The van der Waals surface area contributed by atoms with E-state index in [9.17, 15) is 0 Å². The molecule has 2 unspecified atom stereocenters. The Hall–Kier alpha value is -2.42. The topological polar surface area (TPSA) is 63.4 Å². The predicted molar refractivity (Wildman–Crippen MR) is 127 cm³/mol. The van der Waals surface area contributed by atoms with Gasteiger partial charge in [0.05, 0.1) is 16.9 Å². The Labute approximate surface area is 184 Å². The number of nitrogens with zero attached hydrogens (tertiary/aromatic N) is 6. The second kappa shape index (κ2) is 8.98. The summed E-state index contributed by atoms with van der Waals surface area (Å²) in [6, 6.07) is 5.00. The highest BCUT2D eigenvalue weighted by atomic mass is 15.3. The Bertz CT molecular complexity index is 950. The molecule has 2 atom stereocenters. The van der Waals surface area contributed by atoms with Gasteiger partial charge in [0.15, 0.2) is 0 Å². The molecule has 2 N–H and O–H groups in total. The molecule has 0 amide bonds. The monoisotopic (exact) mass is 422 g/mol. The first-order valence-electron chi connectivity index (χ1n) is 11.6. The van der Waals surface area contributed by atoms with Crippen molar-refractivity contribution in [3.05, 3.63) is 36.3 Å². The van der Waals surface area contributed by atoms with Gasteiger partial charge < -0.3 is 15.5 Å². The number of aliphatic imine (C=N–C) groups is 1. The van der Waals surface area contributed by atoms with Gasteiger partial charge in [0.1, 0.15) is 6.17 Å². The van der Waals surface area contributed by atoms with Crippen molar-refractivity contribution in [3.8, 4) is 0 Å². The zero-order chi connectivity index (χ0) is 21.2. The zero-order valence-electron chi connectivity index (χ0n) is 18.7. The van der Waals surface area contributed by atoms with E-state index in [1.165, 1.54) is 12.1 Å². The summed E-state index contributed by atoms with van der Waals surface area (Å²) in [5.74, 6) is 0. The Kier molecular flexibility index (Phi) is 5.93. The van der Waals surface area contributed by atoms with E-state index in [0.717, 1.165) is 69.1 Å². The summed E-state index contributed by atoms with van der Waals surface area (Å²) in [4.78, 5) is 12.3. The Morgan fingerprint density at radius 3 is 2.65 bits per heavy atom. The molecule has 166 valence electrons. The van der Waals surface area contributed by atoms with Gasteiger partial charge in [-0.3, -0.25) is 14.8 Å². The van der Waals surface area contributed by atoms with Crippen molar-refractivity contribution in [2.45, 2.75) is 32.5 Å². The van der Waals surface area contributed by atoms with Crippen molar-refractivity contribution >= 4 is 23.1 Å². The van der Waals surface area contributed by atoms with E-state index in [1.807, 2.05) is 10.7 Å². The first kappa shape index (κ1) is 20.5. The van der Waals surface area contributed by atoms with E-state index in [0.29, 0.717) is 6.04 Å². The summed E-state index contributed by atoms with van der Waals surface area (Å²) in [6.07, 6.45) is 9.48. The van der Waals surface area contributed by atoms with E-state index >= 15 is 0 Å². The maximum atomic E-state index is 4.82. The molecule has 0 radical (unpaired) electrons. The van der Waals surface area contributed by atoms with Crippen LogP contribution in [0.4, 0.5) is 5.69 Å². The number of aromatic nitrogens is 2. The van der Waals surface area contributed by atoms with Gasteiger partial charge in [0.25, 0.3) is 0 Å². The molecular formula is C23H34N8. The first-order valence-corrected chi connectivity index (χ1v) is 11.6. The number of piperazine rings is 2. The standard InChI is InChI=1S/C23H34N8/c1-3-18(2)28-10-12-30(13-11-28)23-16-25-20(15-26-23)19-14-22-21(4-5-27-31(22)17-19)29-8-6-24-7-9-29/h4-5,14-18,23-24,26H,3,6-13H2,1-2H3. The maximum Gasteiger partial charge on any atom is 0.116 e. The molecule has 3 aliphatic rings. The van der Waals surface area contributed by atoms with Crippen molar-refractivity contribution in [3.63, 3.8) is 0 Å². The third-order valence-electron chi connectivity index (χ3n) is 6.94. The highest BCUT2D eigenvalue weighted by Crippen LogP contribution is 2.27. The number of nitrogens with one attached hydrogen (secondary N) is 2. The van der Waals surface area contributed by atoms with Gasteiger partial charge in [-0.05, 0) is 25.5 Å². The van der Waals surface area contributed by atoms with Crippen LogP contribution in [0.15, 0.2) is 35.7 Å². The molecule has 0 saturated carbocycles. The van der Waals surface area contributed by atoms with Crippen LogP contribution in [0.2, 0.25) is 0 Å². The highest BCUT2D eigenvalue weighted by molar-refractivity contribution is 5.83. The van der Waals surface area contributed by atoms with Gasteiger partial charge >= 0.3 is 0 Å². The van der Waals surface area contributed by atoms with E-state index < -0.39 is 0 Å². The molecule has 2 aromatic rings. The van der Waals surface area contributed by atoms with Gasteiger partial charge in [-0.1, -0.05) is 6.92 Å².